The van der Waals surface area contributed by atoms with E-state index in [1.807, 2.05) is 0 Å². The van der Waals surface area contributed by atoms with Crippen LogP contribution in [0.3, 0.4) is 0 Å². The molecule has 0 atom stereocenters. The first-order chi connectivity index (χ1) is 8.66. The number of anilines is 2. The van der Waals surface area contributed by atoms with E-state index in [-0.39, 0.29) is 6.42 Å². The predicted octanol–water partition coefficient (Wildman–Crippen LogP) is 2.35. The van der Waals surface area contributed by atoms with E-state index in [9.17, 15) is 4.79 Å². The van der Waals surface area contributed by atoms with E-state index < -0.39 is 5.97 Å². The van der Waals surface area contributed by atoms with E-state index >= 15 is 0 Å². The normalized spacial score (nSPS) is 14.2. The molecule has 0 fully saturated rings. The van der Waals surface area contributed by atoms with Crippen LogP contribution in [0.25, 0.3) is 0 Å². The summed E-state index contributed by atoms with van der Waals surface area (Å²) >= 11 is 0. The number of carboxylic acid groups (broad SMARTS) is 1. The molecule has 0 aliphatic carbocycles. The number of hydrogen-bond donors (Lipinski definition) is 2. The predicted molar refractivity (Wildman–Crippen MR) is 73.4 cm³/mol. The lowest BCUT2D eigenvalue weighted by Crippen LogP contribution is -2.24. The quantitative estimate of drug-likeness (QED) is 0.785. The molecule has 0 bridgehead atoms. The first-order valence-electron chi connectivity index (χ1n) is 6.46. The molecule has 0 saturated heterocycles. The molecule has 0 spiro atoms. The maximum absolute atomic E-state index is 10.4. The van der Waals surface area contributed by atoms with Gasteiger partial charge in [-0.25, -0.2) is 0 Å². The molecule has 1 aromatic carbocycles. The van der Waals surface area contributed by atoms with Crippen LogP contribution < -0.4 is 10.2 Å². The first kappa shape index (κ1) is 12.7. The van der Waals surface area contributed by atoms with Crippen molar-refractivity contribution in [2.45, 2.75) is 25.7 Å². The Bertz CT molecular complexity index is 432. The number of carboxylic acids is 1. The number of nitrogens with zero attached hydrogens (tertiary/aromatic N) is 1. The van der Waals surface area contributed by atoms with Crippen molar-refractivity contribution in [3.63, 3.8) is 0 Å². The molecule has 4 nitrogen and oxygen atoms in total. The first-order valence-corrected chi connectivity index (χ1v) is 6.46. The summed E-state index contributed by atoms with van der Waals surface area (Å²) in [6.45, 7) is 1.83. The number of nitrogens with one attached hydrogen (secondary N) is 1. The van der Waals surface area contributed by atoms with Crippen LogP contribution in [0.2, 0.25) is 0 Å². The summed E-state index contributed by atoms with van der Waals surface area (Å²) in [7, 11) is 2.12. The lowest BCUT2D eigenvalue weighted by atomic mass is 10.0. The van der Waals surface area contributed by atoms with Gasteiger partial charge >= 0.3 is 5.97 Å². The highest BCUT2D eigenvalue weighted by Gasteiger charge is 2.13. The fraction of sp³-hybridized carbons (Fsp3) is 0.500. The van der Waals surface area contributed by atoms with Crippen LogP contribution in [0.5, 0.6) is 0 Å². The van der Waals surface area contributed by atoms with Crippen molar-refractivity contribution >= 4 is 17.3 Å². The molecule has 0 saturated carbocycles. The Morgan fingerprint density at radius 3 is 3.11 bits per heavy atom. The maximum Gasteiger partial charge on any atom is 0.303 e. The van der Waals surface area contributed by atoms with Crippen LogP contribution in [-0.2, 0) is 11.2 Å². The van der Waals surface area contributed by atoms with Gasteiger partial charge in [0.1, 0.15) is 0 Å². The standard InChI is InChI=1S/C14H20N2O2/c1-16-9-3-4-11-10-12(6-7-13(11)16)15-8-2-5-14(17)18/h6-7,10,15H,2-5,8-9H2,1H3,(H,17,18). The van der Waals surface area contributed by atoms with Gasteiger partial charge in [-0.3, -0.25) is 4.79 Å². The molecule has 1 aromatic rings. The molecule has 18 heavy (non-hydrogen) atoms. The summed E-state index contributed by atoms with van der Waals surface area (Å²) in [4.78, 5) is 12.7. The van der Waals surface area contributed by atoms with E-state index in [4.69, 9.17) is 5.11 Å². The van der Waals surface area contributed by atoms with Gasteiger partial charge in [0.2, 0.25) is 0 Å². The Kier molecular flexibility index (Phi) is 4.07. The van der Waals surface area contributed by atoms with Gasteiger partial charge in [0.25, 0.3) is 0 Å². The van der Waals surface area contributed by atoms with Crippen molar-refractivity contribution in [3.05, 3.63) is 23.8 Å². The zero-order valence-electron chi connectivity index (χ0n) is 10.8. The largest absolute Gasteiger partial charge is 0.481 e. The van der Waals surface area contributed by atoms with Crippen molar-refractivity contribution in [1.29, 1.82) is 0 Å². The molecule has 1 heterocycles. The third-order valence-electron chi connectivity index (χ3n) is 3.33. The van der Waals surface area contributed by atoms with Gasteiger partial charge in [0.15, 0.2) is 0 Å². The Labute approximate surface area is 108 Å². The summed E-state index contributed by atoms with van der Waals surface area (Å²) in [5.74, 6) is -0.733. The summed E-state index contributed by atoms with van der Waals surface area (Å²) < 4.78 is 0. The molecule has 98 valence electrons. The molecule has 0 unspecified atom stereocenters. The van der Waals surface area contributed by atoms with E-state index in [1.165, 1.54) is 17.7 Å². The number of aryl methyl sites for hydroxylation is 1. The fourth-order valence-corrected chi connectivity index (χ4v) is 2.37. The second-order valence-corrected chi connectivity index (χ2v) is 4.79. The molecule has 0 amide bonds. The van der Waals surface area contributed by atoms with Gasteiger partial charge < -0.3 is 15.3 Å². The Hall–Kier alpha value is -1.71. The summed E-state index contributed by atoms with van der Waals surface area (Å²) in [5, 5.41) is 11.8. The van der Waals surface area contributed by atoms with Gasteiger partial charge in [0, 0.05) is 37.9 Å². The van der Waals surface area contributed by atoms with Gasteiger partial charge in [-0.2, -0.15) is 0 Å². The minimum atomic E-state index is -0.733. The third kappa shape index (κ3) is 3.15. The third-order valence-corrected chi connectivity index (χ3v) is 3.33. The Balaban J connectivity index is 1.92. The zero-order chi connectivity index (χ0) is 13.0. The number of carbonyl (C=O) groups is 1. The van der Waals surface area contributed by atoms with Crippen LogP contribution in [-0.4, -0.2) is 31.2 Å². The summed E-state index contributed by atoms with van der Waals surface area (Å²) in [6.07, 6.45) is 3.21. The highest BCUT2D eigenvalue weighted by Crippen LogP contribution is 2.28. The smallest absolute Gasteiger partial charge is 0.303 e. The van der Waals surface area contributed by atoms with Gasteiger partial charge in [-0.1, -0.05) is 0 Å². The van der Waals surface area contributed by atoms with Crippen molar-refractivity contribution in [3.8, 4) is 0 Å². The molecule has 1 aliphatic heterocycles. The van der Waals surface area contributed by atoms with Crippen LogP contribution >= 0.6 is 0 Å². The van der Waals surface area contributed by atoms with Gasteiger partial charge in [-0.15, -0.1) is 0 Å². The highest BCUT2D eigenvalue weighted by molar-refractivity contribution is 5.66. The number of hydrogen-bond acceptors (Lipinski definition) is 3. The topological polar surface area (TPSA) is 52.6 Å². The van der Waals surface area contributed by atoms with Crippen LogP contribution in [0, 0.1) is 0 Å². The van der Waals surface area contributed by atoms with Crippen molar-refractivity contribution in [1.82, 2.24) is 0 Å². The van der Waals surface area contributed by atoms with E-state index in [1.54, 1.807) is 0 Å². The van der Waals surface area contributed by atoms with Crippen LogP contribution in [0.15, 0.2) is 18.2 Å². The maximum atomic E-state index is 10.4. The molecule has 2 rings (SSSR count). The molecular formula is C14H20N2O2. The van der Waals surface area contributed by atoms with Crippen molar-refractivity contribution in [2.75, 3.05) is 30.4 Å². The summed E-state index contributed by atoms with van der Waals surface area (Å²) in [6, 6.07) is 6.40. The Morgan fingerprint density at radius 2 is 2.33 bits per heavy atom. The van der Waals surface area contributed by atoms with Crippen LogP contribution in [0.4, 0.5) is 11.4 Å². The monoisotopic (exact) mass is 248 g/mol. The van der Waals surface area contributed by atoms with Gasteiger partial charge in [0.05, 0.1) is 0 Å². The molecule has 4 heteroatoms. The second-order valence-electron chi connectivity index (χ2n) is 4.79. The minimum Gasteiger partial charge on any atom is -0.481 e. The number of aliphatic carboxylic acids is 1. The van der Waals surface area contributed by atoms with E-state index in [0.29, 0.717) is 13.0 Å². The SMILES string of the molecule is CN1CCCc2cc(NCCCC(=O)O)ccc21. The lowest BCUT2D eigenvalue weighted by Gasteiger charge is -2.27. The second kappa shape index (κ2) is 5.76. The highest BCUT2D eigenvalue weighted by atomic mass is 16.4. The minimum absolute atomic E-state index is 0.223. The number of rotatable bonds is 5. The average Bonchev–Trinajstić information content (AvgIpc) is 2.35. The van der Waals surface area contributed by atoms with E-state index in [2.05, 4.69) is 35.5 Å². The van der Waals surface area contributed by atoms with E-state index in [0.717, 1.165) is 18.7 Å². The van der Waals surface area contributed by atoms with Crippen molar-refractivity contribution < 1.29 is 9.90 Å². The lowest BCUT2D eigenvalue weighted by molar-refractivity contribution is -0.137. The molecule has 1 aliphatic rings. The molecule has 2 N–H and O–H groups in total. The zero-order valence-corrected chi connectivity index (χ0v) is 10.8. The van der Waals surface area contributed by atoms with Crippen molar-refractivity contribution in [2.24, 2.45) is 0 Å². The average molecular weight is 248 g/mol. The number of fused-ring (bicyclic) bond motifs is 1. The molecule has 0 aromatic heterocycles. The van der Waals surface area contributed by atoms with Gasteiger partial charge in [-0.05, 0) is 43.0 Å². The van der Waals surface area contributed by atoms with Crippen LogP contribution in [0.1, 0.15) is 24.8 Å². The number of benzene rings is 1. The fourth-order valence-electron chi connectivity index (χ4n) is 2.37. The molecule has 0 radical (unpaired) electrons. The Morgan fingerprint density at radius 1 is 1.50 bits per heavy atom. The summed E-state index contributed by atoms with van der Waals surface area (Å²) in [5.41, 5.74) is 3.79. The molecular weight excluding hydrogens is 228 g/mol.